The summed E-state index contributed by atoms with van der Waals surface area (Å²) >= 11 is -3.06. The molecule has 0 heterocycles. The van der Waals surface area contributed by atoms with E-state index in [0.29, 0.717) is 7.14 Å². The molecule has 165 valence electrons. The van der Waals surface area contributed by atoms with Crippen molar-refractivity contribution >= 4 is 10.1 Å². The van der Waals surface area contributed by atoms with Crippen LogP contribution in [0.5, 0.6) is 0 Å². The molecule has 0 amide bonds. The van der Waals surface area contributed by atoms with Gasteiger partial charge in [-0.15, -0.1) is 0 Å². The second-order valence-corrected chi connectivity index (χ2v) is 13.2. The molecule has 3 aromatic carbocycles. The maximum atomic E-state index is 13.4. The topological polar surface area (TPSA) is 43.4 Å². The largest absolute Gasteiger partial charge is 0.417 e. The van der Waals surface area contributed by atoms with Gasteiger partial charge in [-0.25, -0.2) is 0 Å². The number of halogens is 4. The molecule has 0 aliphatic carbocycles. The molecular formula is C23H22F3IO3S+. The van der Waals surface area contributed by atoms with Gasteiger partial charge < -0.3 is 0 Å². The van der Waals surface area contributed by atoms with E-state index in [1.54, 1.807) is 0 Å². The lowest BCUT2D eigenvalue weighted by atomic mass is 10.2. The second-order valence-electron chi connectivity index (χ2n) is 6.72. The Labute approximate surface area is 188 Å². The van der Waals surface area contributed by atoms with Gasteiger partial charge in [-0.2, -0.15) is 21.6 Å². The second kappa shape index (κ2) is 9.70. The van der Waals surface area contributed by atoms with Gasteiger partial charge in [0.1, 0.15) is 4.90 Å². The summed E-state index contributed by atoms with van der Waals surface area (Å²) in [6.45, 7) is 4.01. The van der Waals surface area contributed by atoms with Crippen molar-refractivity contribution < 1.29 is 44.3 Å². The average molecular weight is 562 g/mol. The summed E-state index contributed by atoms with van der Waals surface area (Å²) in [6, 6.07) is 18.9. The van der Waals surface area contributed by atoms with Crippen LogP contribution in [0.15, 0.2) is 77.7 Å². The van der Waals surface area contributed by atoms with Crippen molar-refractivity contribution in [3.63, 3.8) is 0 Å². The Bertz CT molecular complexity index is 1080. The predicted octanol–water partition coefficient (Wildman–Crippen LogP) is 2.81. The molecular weight excluding hydrogens is 540 g/mol. The molecule has 0 N–H and O–H groups in total. The van der Waals surface area contributed by atoms with Crippen LogP contribution in [-0.2, 0) is 31.6 Å². The highest BCUT2D eigenvalue weighted by atomic mass is 127. The summed E-state index contributed by atoms with van der Waals surface area (Å²) in [6.07, 6.45) is -3.17. The van der Waals surface area contributed by atoms with Gasteiger partial charge in [-0.1, -0.05) is 50.2 Å². The quantitative estimate of drug-likeness (QED) is 0.417. The Hall–Kier alpha value is -1.91. The van der Waals surface area contributed by atoms with Crippen LogP contribution in [0.4, 0.5) is 13.2 Å². The van der Waals surface area contributed by atoms with Crippen LogP contribution in [0, 0.1) is 7.14 Å². The van der Waals surface area contributed by atoms with Gasteiger partial charge in [-0.05, 0) is 62.9 Å². The van der Waals surface area contributed by atoms with E-state index in [4.69, 9.17) is 2.51 Å². The first-order valence-electron chi connectivity index (χ1n) is 9.64. The van der Waals surface area contributed by atoms with E-state index < -0.39 is 47.0 Å². The van der Waals surface area contributed by atoms with Crippen molar-refractivity contribution in [2.24, 2.45) is 0 Å². The molecule has 0 aromatic heterocycles. The number of hydrogen-bond donors (Lipinski definition) is 0. The monoisotopic (exact) mass is 562 g/mol. The molecule has 1 radical (unpaired) electrons. The van der Waals surface area contributed by atoms with Crippen LogP contribution in [0.3, 0.4) is 0 Å². The summed E-state index contributed by atoms with van der Waals surface area (Å²) in [4.78, 5) is -0.861. The van der Waals surface area contributed by atoms with Crippen molar-refractivity contribution in [3.8, 4) is 0 Å². The van der Waals surface area contributed by atoms with Crippen molar-refractivity contribution in [1.82, 2.24) is 0 Å². The lowest BCUT2D eigenvalue weighted by Crippen LogP contribution is -3.85. The van der Waals surface area contributed by atoms with Gasteiger partial charge in [0.05, 0.1) is 5.56 Å². The normalized spacial score (nSPS) is 12.3. The van der Waals surface area contributed by atoms with E-state index in [-0.39, 0.29) is 0 Å². The van der Waals surface area contributed by atoms with Crippen molar-refractivity contribution in [2.75, 3.05) is 0 Å². The molecule has 0 spiro atoms. The first-order chi connectivity index (χ1) is 14.7. The first kappa shape index (κ1) is 23.7. The predicted molar refractivity (Wildman–Crippen MR) is 109 cm³/mol. The molecule has 3 rings (SSSR count). The minimum atomic E-state index is -4.81. The Balaban J connectivity index is 2.07. The van der Waals surface area contributed by atoms with E-state index in [2.05, 4.69) is 0 Å². The molecule has 8 heteroatoms. The van der Waals surface area contributed by atoms with E-state index in [0.717, 1.165) is 42.2 Å². The zero-order valence-electron chi connectivity index (χ0n) is 17.0. The maximum absolute atomic E-state index is 13.4. The summed E-state index contributed by atoms with van der Waals surface area (Å²) in [7, 11) is -4.65. The van der Waals surface area contributed by atoms with Gasteiger partial charge in [0.15, 0.2) is 7.14 Å². The molecule has 0 bridgehead atoms. The van der Waals surface area contributed by atoms with Crippen LogP contribution >= 0.6 is 0 Å². The van der Waals surface area contributed by atoms with Crippen LogP contribution < -0.4 is 20.2 Å². The maximum Gasteiger partial charge on any atom is 0.417 e. The number of hydrogen-bond acceptors (Lipinski definition) is 3. The third kappa shape index (κ3) is 5.67. The van der Waals surface area contributed by atoms with Gasteiger partial charge in [-0.3, -0.25) is 0 Å². The summed E-state index contributed by atoms with van der Waals surface area (Å²) < 4.78 is 73.3. The fourth-order valence-electron chi connectivity index (χ4n) is 2.90. The average Bonchev–Trinajstić information content (AvgIpc) is 2.77. The van der Waals surface area contributed by atoms with Gasteiger partial charge in [0, 0.05) is 0 Å². The minimum absolute atomic E-state index is 0.693. The molecule has 0 saturated heterocycles. The molecule has 0 fully saturated rings. The van der Waals surface area contributed by atoms with Crippen molar-refractivity contribution in [2.45, 2.75) is 37.8 Å². The summed E-state index contributed by atoms with van der Waals surface area (Å²) in [5, 5.41) is 0. The lowest BCUT2D eigenvalue weighted by Gasteiger charge is -2.12. The van der Waals surface area contributed by atoms with Crippen molar-refractivity contribution in [1.29, 1.82) is 0 Å². The Kier molecular flexibility index (Phi) is 7.43. The zero-order valence-corrected chi connectivity index (χ0v) is 20.0. The Morgan fingerprint density at radius 3 is 1.65 bits per heavy atom. The minimum Gasteiger partial charge on any atom is -0.190 e. The number of aryl methyl sites for hydroxylation is 2. The highest BCUT2D eigenvalue weighted by Gasteiger charge is 2.42. The molecule has 0 unspecified atom stereocenters. The highest BCUT2D eigenvalue weighted by molar-refractivity contribution is 7.86. The SMILES string of the molecule is CCc1ccc([I+](OS(=O)(=O)c2ccccc2C(F)(F)F)c2ccc(CC)cc2)cc1. The zero-order chi connectivity index (χ0) is 22.6. The molecule has 0 aliphatic heterocycles. The standard InChI is InChI=1S/C23H22F3IO3S/c1-3-17-9-13-19(14-10-17)27(20-15-11-18(4-2)12-16-20)30-31(28,29)22-8-6-5-7-21(22)23(24,25)26/h5-16H,3-4H2,1-2H3/q+1. The fourth-order valence-corrected chi connectivity index (χ4v) is 9.97. The third-order valence-corrected chi connectivity index (χ3v) is 12.0. The van der Waals surface area contributed by atoms with Crippen LogP contribution in [0.2, 0.25) is 0 Å². The number of alkyl halides is 3. The van der Waals surface area contributed by atoms with Crippen LogP contribution in [0.25, 0.3) is 0 Å². The highest BCUT2D eigenvalue weighted by Crippen LogP contribution is 2.34. The van der Waals surface area contributed by atoms with Crippen molar-refractivity contribution in [3.05, 3.63) is 96.6 Å². The molecule has 0 saturated carbocycles. The summed E-state index contributed by atoms with van der Waals surface area (Å²) in [5.41, 5.74) is 0.922. The fraction of sp³-hybridized carbons (Fsp3) is 0.217. The van der Waals surface area contributed by atoms with E-state index in [1.165, 1.54) is 6.07 Å². The molecule has 3 nitrogen and oxygen atoms in total. The lowest BCUT2D eigenvalue weighted by molar-refractivity contribution is -1.03. The summed E-state index contributed by atoms with van der Waals surface area (Å²) in [5.74, 6) is 0. The van der Waals surface area contributed by atoms with Gasteiger partial charge in [0.2, 0.25) is 0 Å². The third-order valence-electron chi connectivity index (χ3n) is 4.65. The molecule has 0 aliphatic rings. The first-order valence-corrected chi connectivity index (χ1v) is 14.1. The van der Waals surface area contributed by atoms with Crippen LogP contribution in [-0.4, -0.2) is 8.42 Å². The molecule has 31 heavy (non-hydrogen) atoms. The number of rotatable bonds is 7. The number of benzene rings is 3. The van der Waals surface area contributed by atoms with Crippen LogP contribution in [0.1, 0.15) is 30.5 Å². The Morgan fingerprint density at radius 1 is 0.774 bits per heavy atom. The smallest absolute Gasteiger partial charge is 0.190 e. The van der Waals surface area contributed by atoms with E-state index in [9.17, 15) is 21.6 Å². The molecule has 3 aromatic rings. The Morgan fingerprint density at radius 2 is 1.23 bits per heavy atom. The van der Waals surface area contributed by atoms with Gasteiger partial charge in [0.25, 0.3) is 0 Å². The van der Waals surface area contributed by atoms with Gasteiger partial charge >= 0.3 is 36.5 Å². The molecule has 0 atom stereocenters. The van der Waals surface area contributed by atoms with E-state index in [1.807, 2.05) is 62.4 Å². The van der Waals surface area contributed by atoms with E-state index >= 15 is 0 Å².